The fourth-order valence-corrected chi connectivity index (χ4v) is 4.60. The zero-order chi connectivity index (χ0) is 24.6. The Balaban J connectivity index is 1.41. The molecule has 1 fully saturated rings. The Morgan fingerprint density at radius 2 is 1.77 bits per heavy atom. The number of rotatable bonds is 9. The van der Waals surface area contributed by atoms with Crippen LogP contribution in [0.1, 0.15) is 28.7 Å². The first kappa shape index (κ1) is 24.1. The Morgan fingerprint density at radius 3 is 2.54 bits per heavy atom. The number of methoxy groups -OCH3 is 1. The quantitative estimate of drug-likeness (QED) is 0.356. The van der Waals surface area contributed by atoms with E-state index in [-0.39, 0.29) is 17.8 Å². The van der Waals surface area contributed by atoms with Gasteiger partial charge in [-0.25, -0.2) is 0 Å². The van der Waals surface area contributed by atoms with Gasteiger partial charge in [0.05, 0.1) is 23.6 Å². The summed E-state index contributed by atoms with van der Waals surface area (Å²) in [5, 5.41) is 9.00. The molecule has 7 heteroatoms. The highest BCUT2D eigenvalue weighted by Gasteiger charge is 2.34. The van der Waals surface area contributed by atoms with Crippen molar-refractivity contribution in [3.05, 3.63) is 100.0 Å². The maximum Gasteiger partial charge on any atom is 0.293 e. The van der Waals surface area contributed by atoms with Gasteiger partial charge in [0.2, 0.25) is 0 Å². The van der Waals surface area contributed by atoms with E-state index in [1.54, 1.807) is 30.3 Å². The average Bonchev–Trinajstić information content (AvgIpc) is 3.15. The monoisotopic (exact) mass is 484 g/mol. The molecular formula is C28H24N2O4S. The molecule has 0 N–H and O–H groups in total. The Labute approximate surface area is 208 Å². The summed E-state index contributed by atoms with van der Waals surface area (Å²) < 4.78 is 11.4. The molecule has 1 heterocycles. The number of thioether (sulfide) groups is 1. The van der Waals surface area contributed by atoms with Gasteiger partial charge in [-0.15, -0.1) is 0 Å². The van der Waals surface area contributed by atoms with E-state index in [0.717, 1.165) is 29.3 Å². The number of ether oxygens (including phenoxy) is 2. The van der Waals surface area contributed by atoms with Crippen LogP contribution in [0.25, 0.3) is 6.08 Å². The molecule has 1 aliphatic rings. The molecule has 0 radical (unpaired) electrons. The summed E-state index contributed by atoms with van der Waals surface area (Å²) in [6.07, 6.45) is 3.21. The summed E-state index contributed by atoms with van der Waals surface area (Å²) in [5.41, 5.74) is 3.24. The third-order valence-electron chi connectivity index (χ3n) is 5.57. The number of hydrogen-bond acceptors (Lipinski definition) is 6. The second kappa shape index (κ2) is 11.4. The van der Waals surface area contributed by atoms with Gasteiger partial charge in [-0.2, -0.15) is 5.26 Å². The molecule has 3 aromatic rings. The number of nitriles is 1. The summed E-state index contributed by atoms with van der Waals surface area (Å²) in [6.45, 7) is 0.610. The summed E-state index contributed by atoms with van der Waals surface area (Å²) >= 11 is 0.948. The van der Waals surface area contributed by atoms with Crippen LogP contribution in [0.5, 0.6) is 11.5 Å². The Kier molecular flexibility index (Phi) is 7.86. The molecule has 0 aromatic heterocycles. The number of imide groups is 1. The molecule has 35 heavy (non-hydrogen) atoms. The summed E-state index contributed by atoms with van der Waals surface area (Å²) in [4.78, 5) is 27.0. The lowest BCUT2D eigenvalue weighted by Gasteiger charge is -2.13. The summed E-state index contributed by atoms with van der Waals surface area (Å²) in [6, 6.07) is 24.7. The predicted molar refractivity (Wildman–Crippen MR) is 136 cm³/mol. The number of aryl methyl sites for hydroxylation is 1. The zero-order valence-corrected chi connectivity index (χ0v) is 20.1. The van der Waals surface area contributed by atoms with E-state index in [9.17, 15) is 14.9 Å². The SMILES string of the molecule is COc1cc(/C=C2/SC(=O)N(CCCc3ccccc3)C2=O)ccc1OCc1ccccc1C#N. The first-order chi connectivity index (χ1) is 17.1. The van der Waals surface area contributed by atoms with Crippen LogP contribution in [0.3, 0.4) is 0 Å². The van der Waals surface area contributed by atoms with Crippen molar-refractivity contribution in [2.45, 2.75) is 19.4 Å². The van der Waals surface area contributed by atoms with Crippen LogP contribution in [0.2, 0.25) is 0 Å². The molecule has 0 bridgehead atoms. The molecule has 3 aromatic carbocycles. The molecule has 176 valence electrons. The van der Waals surface area contributed by atoms with Gasteiger partial charge in [0.1, 0.15) is 6.61 Å². The van der Waals surface area contributed by atoms with E-state index < -0.39 is 0 Å². The topological polar surface area (TPSA) is 79.6 Å². The van der Waals surface area contributed by atoms with Crippen LogP contribution < -0.4 is 9.47 Å². The lowest BCUT2D eigenvalue weighted by molar-refractivity contribution is -0.122. The minimum absolute atomic E-state index is 0.224. The third kappa shape index (κ3) is 5.92. The number of carbonyl (C=O) groups excluding carboxylic acids is 2. The standard InChI is InChI=1S/C28H24N2O4S/c1-33-25-16-21(13-14-24(25)34-19-23-12-6-5-11-22(23)18-29)17-26-27(31)30(28(32)35-26)15-7-10-20-8-3-2-4-9-20/h2-6,8-9,11-14,16-17H,7,10,15,19H2,1H3/b26-17+. The predicted octanol–water partition coefficient (Wildman–Crippen LogP) is 5.81. The molecule has 0 atom stereocenters. The van der Waals surface area contributed by atoms with E-state index in [1.165, 1.54) is 17.6 Å². The number of nitrogens with zero attached hydrogens (tertiary/aromatic N) is 2. The second-order valence-corrected chi connectivity index (χ2v) is 8.88. The van der Waals surface area contributed by atoms with Crippen LogP contribution >= 0.6 is 11.8 Å². The van der Waals surface area contributed by atoms with E-state index in [4.69, 9.17) is 9.47 Å². The van der Waals surface area contributed by atoms with Gasteiger partial charge in [0.15, 0.2) is 11.5 Å². The molecule has 0 aliphatic carbocycles. The van der Waals surface area contributed by atoms with Crippen molar-refractivity contribution in [2.75, 3.05) is 13.7 Å². The molecule has 0 spiro atoms. The molecule has 4 rings (SSSR count). The van der Waals surface area contributed by atoms with E-state index in [1.807, 2.05) is 48.5 Å². The van der Waals surface area contributed by atoms with E-state index in [2.05, 4.69) is 6.07 Å². The first-order valence-electron chi connectivity index (χ1n) is 11.2. The van der Waals surface area contributed by atoms with E-state index >= 15 is 0 Å². The number of benzene rings is 3. The van der Waals surface area contributed by atoms with Crippen molar-refractivity contribution in [1.82, 2.24) is 4.90 Å². The normalized spacial score (nSPS) is 14.3. The second-order valence-electron chi connectivity index (χ2n) is 7.89. The lowest BCUT2D eigenvalue weighted by atomic mass is 10.1. The van der Waals surface area contributed by atoms with Crippen molar-refractivity contribution >= 4 is 29.0 Å². The fourth-order valence-electron chi connectivity index (χ4n) is 3.73. The van der Waals surface area contributed by atoms with Crippen molar-refractivity contribution in [1.29, 1.82) is 5.26 Å². The molecule has 2 amide bonds. The van der Waals surface area contributed by atoms with E-state index in [0.29, 0.717) is 34.9 Å². The number of amides is 2. The average molecular weight is 485 g/mol. The lowest BCUT2D eigenvalue weighted by Crippen LogP contribution is -2.29. The Bertz CT molecular complexity index is 1300. The van der Waals surface area contributed by atoms with Crippen molar-refractivity contribution in [3.8, 4) is 17.6 Å². The molecule has 1 aliphatic heterocycles. The van der Waals surface area contributed by atoms with Crippen LogP contribution in [-0.2, 0) is 17.8 Å². The Morgan fingerprint density at radius 1 is 1.00 bits per heavy atom. The van der Waals surface area contributed by atoms with Crippen LogP contribution in [-0.4, -0.2) is 29.7 Å². The minimum Gasteiger partial charge on any atom is -0.493 e. The summed E-state index contributed by atoms with van der Waals surface area (Å²) in [7, 11) is 1.54. The van der Waals surface area contributed by atoms with Gasteiger partial charge in [0.25, 0.3) is 11.1 Å². The summed E-state index contributed by atoms with van der Waals surface area (Å²) in [5.74, 6) is 0.738. The van der Waals surface area contributed by atoms with Crippen LogP contribution in [0.15, 0.2) is 77.7 Å². The van der Waals surface area contributed by atoms with Crippen molar-refractivity contribution in [2.24, 2.45) is 0 Å². The van der Waals surface area contributed by atoms with Crippen LogP contribution in [0, 0.1) is 11.3 Å². The van der Waals surface area contributed by atoms with Crippen molar-refractivity contribution in [3.63, 3.8) is 0 Å². The van der Waals surface area contributed by atoms with Crippen molar-refractivity contribution < 1.29 is 19.1 Å². The molecule has 0 unspecified atom stereocenters. The maximum atomic E-state index is 12.8. The molecular weight excluding hydrogens is 460 g/mol. The number of carbonyl (C=O) groups is 2. The highest BCUT2D eigenvalue weighted by atomic mass is 32.2. The molecule has 1 saturated heterocycles. The first-order valence-corrected chi connectivity index (χ1v) is 12.0. The van der Waals surface area contributed by atoms with Gasteiger partial charge < -0.3 is 9.47 Å². The zero-order valence-electron chi connectivity index (χ0n) is 19.3. The van der Waals surface area contributed by atoms with Gasteiger partial charge in [-0.05, 0) is 60.0 Å². The van der Waals surface area contributed by atoms with Gasteiger partial charge in [-0.1, -0.05) is 54.6 Å². The minimum atomic E-state index is -0.277. The fraction of sp³-hybridized carbons (Fsp3) is 0.179. The van der Waals surface area contributed by atoms with Gasteiger partial charge >= 0.3 is 0 Å². The van der Waals surface area contributed by atoms with Crippen LogP contribution in [0.4, 0.5) is 4.79 Å². The smallest absolute Gasteiger partial charge is 0.293 e. The molecule has 6 nitrogen and oxygen atoms in total. The Hall–Kier alpha value is -4.02. The maximum absolute atomic E-state index is 12.8. The third-order valence-corrected chi connectivity index (χ3v) is 6.48. The molecule has 0 saturated carbocycles. The largest absolute Gasteiger partial charge is 0.493 e. The van der Waals surface area contributed by atoms with Gasteiger partial charge in [0, 0.05) is 12.1 Å². The van der Waals surface area contributed by atoms with Gasteiger partial charge in [-0.3, -0.25) is 14.5 Å². The highest BCUT2D eigenvalue weighted by molar-refractivity contribution is 8.18. The number of hydrogen-bond donors (Lipinski definition) is 0. The highest BCUT2D eigenvalue weighted by Crippen LogP contribution is 2.35.